The number of aromatic hydroxyl groups is 2. The van der Waals surface area contributed by atoms with Crippen LogP contribution in [0, 0.1) is 0 Å². The van der Waals surface area contributed by atoms with E-state index in [0.29, 0.717) is 11.1 Å². The van der Waals surface area contributed by atoms with Crippen LogP contribution in [0.2, 0.25) is 0 Å². The number of phenolic OH excluding ortho intramolecular Hbond substituents is 2. The summed E-state index contributed by atoms with van der Waals surface area (Å²) in [7, 11) is 0. The van der Waals surface area contributed by atoms with Crippen LogP contribution in [0.15, 0.2) is 48.8 Å². The number of hydrogen-bond acceptors (Lipinski definition) is 6. The van der Waals surface area contributed by atoms with Gasteiger partial charge in [0.25, 0.3) is 5.91 Å². The van der Waals surface area contributed by atoms with Gasteiger partial charge in [-0.25, -0.2) is 10.6 Å². The summed E-state index contributed by atoms with van der Waals surface area (Å²) in [4.78, 5) is 24.6. The van der Waals surface area contributed by atoms with Crippen molar-refractivity contribution in [1.29, 1.82) is 0 Å². The maximum atomic E-state index is 10.7. The Hall–Kier alpha value is -3.39. The van der Waals surface area contributed by atoms with Crippen molar-refractivity contribution in [2.75, 3.05) is 0 Å². The van der Waals surface area contributed by atoms with Crippen molar-refractivity contribution in [3.05, 3.63) is 59.9 Å². The molecule has 2 rings (SSSR count). The van der Waals surface area contributed by atoms with E-state index in [1.165, 1.54) is 36.7 Å². The van der Waals surface area contributed by atoms with Gasteiger partial charge < -0.3 is 15.3 Å². The predicted molar refractivity (Wildman–Crippen MR) is 82.3 cm³/mol. The van der Waals surface area contributed by atoms with Gasteiger partial charge in [0, 0.05) is 24.0 Å². The van der Waals surface area contributed by atoms with Gasteiger partial charge in [-0.3, -0.25) is 15.2 Å². The molecule has 1 amide bonds. The molecule has 1 aromatic carbocycles. The Bertz CT molecular complexity index is 702. The minimum absolute atomic E-state index is 0.229. The fourth-order valence-corrected chi connectivity index (χ4v) is 1.40. The van der Waals surface area contributed by atoms with Crippen molar-refractivity contribution in [3.63, 3.8) is 0 Å². The van der Waals surface area contributed by atoms with E-state index in [1.54, 1.807) is 12.1 Å². The number of phenols is 2. The molecule has 1 heterocycles. The van der Waals surface area contributed by atoms with Crippen LogP contribution in [0.3, 0.4) is 0 Å². The molecule has 8 nitrogen and oxygen atoms in total. The highest BCUT2D eigenvalue weighted by molar-refractivity contribution is 5.93. The molecule has 0 aliphatic carbocycles. The second-order valence-corrected chi connectivity index (χ2v) is 4.13. The van der Waals surface area contributed by atoms with Crippen LogP contribution in [-0.2, 0) is 4.79 Å². The van der Waals surface area contributed by atoms with Crippen LogP contribution in [0.1, 0.15) is 15.9 Å². The van der Waals surface area contributed by atoms with Crippen molar-refractivity contribution in [2.45, 2.75) is 0 Å². The molecule has 0 saturated carbocycles. The molecule has 120 valence electrons. The number of carboxylic acids is 1. The van der Waals surface area contributed by atoms with E-state index in [2.05, 4.69) is 4.98 Å². The number of hydrogen-bond donors (Lipinski definition) is 5. The Labute approximate surface area is 131 Å². The Morgan fingerprint density at radius 3 is 2.26 bits per heavy atom. The number of aliphatic carboxylic acids is 1. The molecule has 6 N–H and O–H groups in total. The molecule has 2 aromatic rings. The zero-order valence-corrected chi connectivity index (χ0v) is 11.9. The first-order valence-electron chi connectivity index (χ1n) is 6.28. The molecule has 0 bridgehead atoms. The Morgan fingerprint density at radius 1 is 1.09 bits per heavy atom. The normalized spacial score (nSPS) is 9.78. The number of rotatable bonds is 3. The van der Waals surface area contributed by atoms with E-state index in [1.807, 2.05) is 5.43 Å². The first-order valence-corrected chi connectivity index (χ1v) is 6.28. The van der Waals surface area contributed by atoms with Gasteiger partial charge in [0.1, 0.15) is 0 Å². The topological polar surface area (TPSA) is 146 Å². The molecule has 0 saturated heterocycles. The van der Waals surface area contributed by atoms with Gasteiger partial charge in [-0.1, -0.05) is 6.07 Å². The molecule has 0 fully saturated rings. The molecule has 0 spiro atoms. The van der Waals surface area contributed by atoms with Crippen molar-refractivity contribution >= 4 is 18.0 Å². The van der Waals surface area contributed by atoms with Crippen LogP contribution in [0.25, 0.3) is 6.08 Å². The number of nitrogens with two attached hydrogens (primary N) is 1. The summed E-state index contributed by atoms with van der Waals surface area (Å²) in [5.41, 5.74) is 3.04. The lowest BCUT2D eigenvalue weighted by molar-refractivity contribution is -0.131. The maximum Gasteiger partial charge on any atom is 0.328 e. The largest absolute Gasteiger partial charge is 0.504 e. The van der Waals surface area contributed by atoms with E-state index in [0.717, 1.165) is 6.08 Å². The van der Waals surface area contributed by atoms with E-state index in [4.69, 9.17) is 21.2 Å². The van der Waals surface area contributed by atoms with E-state index in [9.17, 15) is 9.59 Å². The third-order valence-corrected chi connectivity index (χ3v) is 2.49. The summed E-state index contributed by atoms with van der Waals surface area (Å²) in [5.74, 6) is 3.02. The fraction of sp³-hybridized carbons (Fsp3) is 0. The molecule has 23 heavy (non-hydrogen) atoms. The first kappa shape index (κ1) is 17.7. The third-order valence-electron chi connectivity index (χ3n) is 2.49. The number of aromatic nitrogens is 1. The van der Waals surface area contributed by atoms with Gasteiger partial charge in [-0.05, 0) is 35.9 Å². The lowest BCUT2D eigenvalue weighted by atomic mass is 10.2. The zero-order chi connectivity index (χ0) is 17.2. The summed E-state index contributed by atoms with van der Waals surface area (Å²) in [5, 5.41) is 26.3. The first-order chi connectivity index (χ1) is 10.9. The quantitative estimate of drug-likeness (QED) is 0.186. The van der Waals surface area contributed by atoms with Crippen LogP contribution in [-0.4, -0.2) is 32.2 Å². The third kappa shape index (κ3) is 6.27. The number of benzene rings is 1. The van der Waals surface area contributed by atoms with Crippen LogP contribution >= 0.6 is 0 Å². The summed E-state index contributed by atoms with van der Waals surface area (Å²) in [6.45, 7) is 0. The standard InChI is InChI=1S/C9H8O4.C6H7N3O/c10-7-3-1-6(5-8(7)11)2-4-9(12)13;7-9-6(10)5-1-3-8-4-2-5/h1-5,10-11H,(H,12,13);1-4H,7H2,(H,9,10)/b4-2+;. The minimum Gasteiger partial charge on any atom is -0.504 e. The molecular weight excluding hydrogens is 302 g/mol. The molecule has 1 aromatic heterocycles. The molecule has 0 radical (unpaired) electrons. The number of nitrogen functional groups attached to an aromatic ring is 1. The predicted octanol–water partition coefficient (Wildman–Crippen LogP) is 0.881. The number of amides is 1. The number of carboxylic acid groups (broad SMARTS) is 1. The monoisotopic (exact) mass is 317 g/mol. The summed E-state index contributed by atoms with van der Waals surface area (Å²) in [6.07, 6.45) is 5.34. The van der Waals surface area contributed by atoms with Crippen molar-refractivity contribution in [1.82, 2.24) is 10.4 Å². The Morgan fingerprint density at radius 2 is 1.74 bits per heavy atom. The minimum atomic E-state index is -1.06. The van der Waals surface area contributed by atoms with Gasteiger partial charge in [-0.2, -0.15) is 0 Å². The summed E-state index contributed by atoms with van der Waals surface area (Å²) < 4.78 is 0. The number of hydrazine groups is 1. The highest BCUT2D eigenvalue weighted by Crippen LogP contribution is 2.25. The number of carbonyl (C=O) groups excluding carboxylic acids is 1. The molecule has 0 aliphatic heterocycles. The number of nitrogens with one attached hydrogen (secondary N) is 1. The lowest BCUT2D eigenvalue weighted by Crippen LogP contribution is -2.29. The highest BCUT2D eigenvalue weighted by atomic mass is 16.4. The Kier molecular flexibility index (Phi) is 6.76. The molecular formula is C15H15N3O5. The van der Waals surface area contributed by atoms with E-state index >= 15 is 0 Å². The van der Waals surface area contributed by atoms with Crippen molar-refractivity contribution in [3.8, 4) is 11.5 Å². The van der Waals surface area contributed by atoms with Crippen LogP contribution in [0.5, 0.6) is 11.5 Å². The lowest BCUT2D eigenvalue weighted by Gasteiger charge is -1.97. The SMILES string of the molecule is NNC(=O)c1ccncc1.O=C(O)/C=C/c1ccc(O)c(O)c1. The van der Waals surface area contributed by atoms with Crippen LogP contribution < -0.4 is 11.3 Å². The summed E-state index contributed by atoms with van der Waals surface area (Å²) >= 11 is 0. The fourth-order valence-electron chi connectivity index (χ4n) is 1.40. The molecule has 8 heteroatoms. The van der Waals surface area contributed by atoms with Gasteiger partial charge in [-0.15, -0.1) is 0 Å². The molecule has 0 atom stereocenters. The average Bonchev–Trinajstić information content (AvgIpc) is 2.56. The van der Waals surface area contributed by atoms with Crippen LogP contribution in [0.4, 0.5) is 0 Å². The second kappa shape index (κ2) is 8.80. The second-order valence-electron chi connectivity index (χ2n) is 4.13. The van der Waals surface area contributed by atoms with Crippen molar-refractivity contribution < 1.29 is 24.9 Å². The number of carbonyl (C=O) groups is 2. The smallest absolute Gasteiger partial charge is 0.328 e. The molecule has 0 aliphatic rings. The van der Waals surface area contributed by atoms with Gasteiger partial charge in [0.05, 0.1) is 0 Å². The zero-order valence-electron chi connectivity index (χ0n) is 11.9. The van der Waals surface area contributed by atoms with E-state index < -0.39 is 5.97 Å². The summed E-state index contributed by atoms with van der Waals surface area (Å²) in [6, 6.07) is 7.23. The number of pyridine rings is 1. The maximum absolute atomic E-state index is 10.7. The van der Waals surface area contributed by atoms with Gasteiger partial charge >= 0.3 is 5.97 Å². The van der Waals surface area contributed by atoms with Gasteiger partial charge in [0.2, 0.25) is 0 Å². The van der Waals surface area contributed by atoms with Crippen molar-refractivity contribution in [2.24, 2.45) is 5.84 Å². The average molecular weight is 317 g/mol. The Balaban J connectivity index is 0.000000238. The molecule has 0 unspecified atom stereocenters. The number of nitrogens with zero attached hydrogens (tertiary/aromatic N) is 1. The highest BCUT2D eigenvalue weighted by Gasteiger charge is 1.99. The van der Waals surface area contributed by atoms with Gasteiger partial charge in [0.15, 0.2) is 11.5 Å². The van der Waals surface area contributed by atoms with E-state index in [-0.39, 0.29) is 17.4 Å².